The SMILES string of the molecule is CCC(C)(CC)NS(=O)(=O)c1ccc(CN)cn1. The van der Waals surface area contributed by atoms with Gasteiger partial charge in [-0.15, -0.1) is 0 Å². The van der Waals surface area contributed by atoms with Crippen LogP contribution in [0.3, 0.4) is 0 Å². The molecule has 0 saturated heterocycles. The van der Waals surface area contributed by atoms with Crippen molar-refractivity contribution in [1.29, 1.82) is 0 Å². The van der Waals surface area contributed by atoms with E-state index in [1.165, 1.54) is 12.3 Å². The molecule has 0 fully saturated rings. The fraction of sp³-hybridized carbons (Fsp3) is 0.583. The number of sulfonamides is 1. The molecular formula is C12H21N3O2S. The van der Waals surface area contributed by atoms with Crippen LogP contribution in [0.25, 0.3) is 0 Å². The van der Waals surface area contributed by atoms with Gasteiger partial charge < -0.3 is 5.73 Å². The molecule has 0 aromatic carbocycles. The van der Waals surface area contributed by atoms with Crippen molar-refractivity contribution in [1.82, 2.24) is 9.71 Å². The van der Waals surface area contributed by atoms with E-state index in [1.54, 1.807) is 6.07 Å². The highest BCUT2D eigenvalue weighted by molar-refractivity contribution is 7.89. The first kappa shape index (κ1) is 15.1. The molecule has 0 atom stereocenters. The molecule has 0 radical (unpaired) electrons. The second kappa shape index (κ2) is 5.77. The van der Waals surface area contributed by atoms with E-state index >= 15 is 0 Å². The number of nitrogens with zero attached hydrogens (tertiary/aromatic N) is 1. The van der Waals surface area contributed by atoms with Gasteiger partial charge in [-0.1, -0.05) is 19.9 Å². The lowest BCUT2D eigenvalue weighted by molar-refractivity contribution is 0.388. The van der Waals surface area contributed by atoms with Crippen molar-refractivity contribution >= 4 is 10.0 Å². The van der Waals surface area contributed by atoms with Crippen LogP contribution >= 0.6 is 0 Å². The lowest BCUT2D eigenvalue weighted by atomic mass is 9.98. The second-order valence-corrected chi connectivity index (χ2v) is 6.21. The van der Waals surface area contributed by atoms with Crippen LogP contribution in [0.2, 0.25) is 0 Å². The van der Waals surface area contributed by atoms with E-state index in [9.17, 15) is 8.42 Å². The highest BCUT2D eigenvalue weighted by Gasteiger charge is 2.27. The lowest BCUT2D eigenvalue weighted by Gasteiger charge is -2.27. The monoisotopic (exact) mass is 271 g/mol. The number of pyridine rings is 1. The van der Waals surface area contributed by atoms with Crippen molar-refractivity contribution in [2.75, 3.05) is 0 Å². The van der Waals surface area contributed by atoms with Gasteiger partial charge in [-0.25, -0.2) is 18.1 Å². The van der Waals surface area contributed by atoms with Crippen molar-refractivity contribution in [3.63, 3.8) is 0 Å². The quantitative estimate of drug-likeness (QED) is 0.819. The Labute approximate surface area is 109 Å². The molecule has 0 aliphatic heterocycles. The van der Waals surface area contributed by atoms with Crippen molar-refractivity contribution in [2.24, 2.45) is 5.73 Å². The normalized spacial score (nSPS) is 12.7. The largest absolute Gasteiger partial charge is 0.326 e. The van der Waals surface area contributed by atoms with E-state index in [1.807, 2.05) is 20.8 Å². The van der Waals surface area contributed by atoms with Crippen LogP contribution in [0, 0.1) is 0 Å². The molecular weight excluding hydrogens is 250 g/mol. The third-order valence-corrected chi connectivity index (χ3v) is 4.80. The fourth-order valence-corrected chi connectivity index (χ4v) is 2.94. The van der Waals surface area contributed by atoms with Crippen LogP contribution in [0.5, 0.6) is 0 Å². The smallest absolute Gasteiger partial charge is 0.258 e. The third kappa shape index (κ3) is 3.51. The first-order chi connectivity index (χ1) is 8.37. The van der Waals surface area contributed by atoms with Gasteiger partial charge >= 0.3 is 0 Å². The Balaban J connectivity index is 2.99. The van der Waals surface area contributed by atoms with Gasteiger partial charge in [0.05, 0.1) is 0 Å². The molecule has 0 aliphatic rings. The summed E-state index contributed by atoms with van der Waals surface area (Å²) in [5, 5.41) is 0.0350. The molecule has 102 valence electrons. The van der Waals surface area contributed by atoms with Gasteiger partial charge in [-0.05, 0) is 31.4 Å². The molecule has 5 nitrogen and oxygen atoms in total. The lowest BCUT2D eigenvalue weighted by Crippen LogP contribution is -2.45. The zero-order chi connectivity index (χ0) is 13.8. The van der Waals surface area contributed by atoms with Crippen LogP contribution in [-0.2, 0) is 16.6 Å². The molecule has 1 rings (SSSR count). The average molecular weight is 271 g/mol. The second-order valence-electron chi connectivity index (χ2n) is 4.58. The van der Waals surface area contributed by atoms with Crippen LogP contribution in [-0.4, -0.2) is 18.9 Å². The Morgan fingerprint density at radius 1 is 1.33 bits per heavy atom. The fourth-order valence-electron chi connectivity index (χ4n) is 1.46. The Hall–Kier alpha value is -0.980. The van der Waals surface area contributed by atoms with E-state index in [0.717, 1.165) is 18.4 Å². The highest BCUT2D eigenvalue weighted by atomic mass is 32.2. The average Bonchev–Trinajstić information content (AvgIpc) is 2.38. The number of hydrogen-bond donors (Lipinski definition) is 2. The van der Waals surface area contributed by atoms with Crippen LogP contribution in [0.15, 0.2) is 23.4 Å². The molecule has 1 aromatic heterocycles. The molecule has 1 heterocycles. The van der Waals surface area contributed by atoms with Gasteiger partial charge in [0.15, 0.2) is 5.03 Å². The number of aromatic nitrogens is 1. The van der Waals surface area contributed by atoms with Gasteiger partial charge in [0.2, 0.25) is 0 Å². The third-order valence-electron chi connectivity index (χ3n) is 3.25. The van der Waals surface area contributed by atoms with Crippen molar-refractivity contribution < 1.29 is 8.42 Å². The molecule has 0 spiro atoms. The van der Waals surface area contributed by atoms with Gasteiger partial charge in [-0.2, -0.15) is 0 Å². The molecule has 18 heavy (non-hydrogen) atoms. The first-order valence-corrected chi connectivity index (χ1v) is 7.54. The van der Waals surface area contributed by atoms with E-state index in [4.69, 9.17) is 5.73 Å². The minimum atomic E-state index is -3.57. The summed E-state index contributed by atoms with van der Waals surface area (Å²) >= 11 is 0. The Bertz CT molecular complexity index is 479. The van der Waals surface area contributed by atoms with E-state index in [-0.39, 0.29) is 5.03 Å². The number of nitrogens with one attached hydrogen (secondary N) is 1. The topological polar surface area (TPSA) is 85.1 Å². The Morgan fingerprint density at radius 3 is 2.33 bits per heavy atom. The molecule has 1 aromatic rings. The molecule has 0 saturated carbocycles. The van der Waals surface area contributed by atoms with Crippen LogP contribution in [0.4, 0.5) is 0 Å². The Morgan fingerprint density at radius 2 is 1.94 bits per heavy atom. The predicted octanol–water partition coefficient (Wildman–Crippen LogP) is 1.40. The summed E-state index contributed by atoms with van der Waals surface area (Å²) < 4.78 is 27.0. The summed E-state index contributed by atoms with van der Waals surface area (Å²) in [4.78, 5) is 3.94. The van der Waals surface area contributed by atoms with Crippen molar-refractivity contribution in [3.8, 4) is 0 Å². The predicted molar refractivity (Wildman–Crippen MR) is 71.4 cm³/mol. The summed E-state index contributed by atoms with van der Waals surface area (Å²) in [6.45, 7) is 6.15. The maximum absolute atomic E-state index is 12.2. The molecule has 3 N–H and O–H groups in total. The van der Waals surface area contributed by atoms with Crippen molar-refractivity contribution in [2.45, 2.75) is 50.7 Å². The van der Waals surface area contributed by atoms with Gasteiger partial charge in [0.1, 0.15) is 0 Å². The van der Waals surface area contributed by atoms with Gasteiger partial charge in [0.25, 0.3) is 10.0 Å². The van der Waals surface area contributed by atoms with Crippen LogP contribution < -0.4 is 10.5 Å². The van der Waals surface area contributed by atoms with Gasteiger partial charge in [-0.3, -0.25) is 0 Å². The summed E-state index contributed by atoms with van der Waals surface area (Å²) in [7, 11) is -3.57. The van der Waals surface area contributed by atoms with Crippen molar-refractivity contribution in [3.05, 3.63) is 23.9 Å². The zero-order valence-electron chi connectivity index (χ0n) is 11.1. The van der Waals surface area contributed by atoms with E-state index in [2.05, 4.69) is 9.71 Å². The first-order valence-electron chi connectivity index (χ1n) is 6.06. The summed E-state index contributed by atoms with van der Waals surface area (Å²) in [6, 6.07) is 3.16. The van der Waals surface area contributed by atoms with Gasteiger partial charge in [0, 0.05) is 18.3 Å². The number of rotatable bonds is 6. The molecule has 0 amide bonds. The number of hydrogen-bond acceptors (Lipinski definition) is 4. The van der Waals surface area contributed by atoms with E-state index < -0.39 is 15.6 Å². The maximum atomic E-state index is 12.2. The minimum absolute atomic E-state index is 0.0350. The number of nitrogens with two attached hydrogens (primary N) is 1. The summed E-state index contributed by atoms with van der Waals surface area (Å²) in [6.07, 6.45) is 2.94. The summed E-state index contributed by atoms with van der Waals surface area (Å²) in [5.74, 6) is 0. The molecule has 0 aliphatic carbocycles. The Kier molecular flexibility index (Phi) is 4.84. The molecule has 0 bridgehead atoms. The maximum Gasteiger partial charge on any atom is 0.258 e. The zero-order valence-corrected chi connectivity index (χ0v) is 11.9. The standard InChI is InChI=1S/C12H21N3O2S/c1-4-12(3,5-2)15-18(16,17)11-7-6-10(8-13)9-14-11/h6-7,9,15H,4-5,8,13H2,1-3H3. The van der Waals surface area contributed by atoms with Crippen LogP contribution in [0.1, 0.15) is 39.2 Å². The summed E-state index contributed by atoms with van der Waals surface area (Å²) in [5.41, 5.74) is 5.82. The van der Waals surface area contributed by atoms with E-state index in [0.29, 0.717) is 6.54 Å². The molecule has 6 heteroatoms. The highest BCUT2D eigenvalue weighted by Crippen LogP contribution is 2.18. The molecule has 0 unspecified atom stereocenters. The minimum Gasteiger partial charge on any atom is -0.326 e.